The van der Waals surface area contributed by atoms with Crippen LogP contribution in [0.25, 0.3) is 0 Å². The smallest absolute Gasteiger partial charge is 0.317 e. The van der Waals surface area contributed by atoms with Gasteiger partial charge in [-0.2, -0.15) is 0 Å². The van der Waals surface area contributed by atoms with Crippen LogP contribution in [-0.2, 0) is 57.2 Å². The molecule has 0 aromatic carbocycles. The van der Waals surface area contributed by atoms with Crippen LogP contribution in [0.3, 0.4) is 0 Å². The number of cyclic esters (lactones) is 2. The third-order valence-corrected chi connectivity index (χ3v) is 22.2. The summed E-state index contributed by atoms with van der Waals surface area (Å²) in [6.07, 6.45) is 11.6. The number of fused-ring (bicyclic) bond motifs is 8. The van der Waals surface area contributed by atoms with E-state index in [1.54, 1.807) is 6.92 Å². The first-order chi connectivity index (χ1) is 35.5. The quantitative estimate of drug-likeness (QED) is 0.0757. The number of rotatable bonds is 18. The largest absolute Gasteiger partial charge is 0.481 e. The molecule has 418 valence electrons. The lowest BCUT2D eigenvalue weighted by Crippen LogP contribution is -2.47. The van der Waals surface area contributed by atoms with Gasteiger partial charge in [-0.1, -0.05) is 20.3 Å². The molecule has 2 N–H and O–H groups in total. The Morgan fingerprint density at radius 2 is 1.04 bits per heavy atom. The van der Waals surface area contributed by atoms with Crippen molar-refractivity contribution in [1.82, 2.24) is 4.90 Å². The van der Waals surface area contributed by atoms with Crippen LogP contribution in [0.1, 0.15) is 145 Å². The SMILES string of the molecule is CC1C(=O)OC(=O)C1CC1C(CC2C(CC3C(CC4C(C)C5CC(C(=O)OC(C)(C)C)C4C5)C4CC(C(=O)OCCO)C3C4)C3CC(C(=O)O)C2C3)C2CC1C(C(=O)OCCN1CCCCC1)C2C(=O)OC(C)(C)C. The van der Waals surface area contributed by atoms with E-state index < -0.39 is 70.6 Å². The molecule has 8 saturated carbocycles. The molecule has 10 rings (SSSR count). The molecule has 23 atom stereocenters. The predicted octanol–water partition coefficient (Wildman–Crippen LogP) is 8.01. The molecule has 23 unspecified atom stereocenters. The van der Waals surface area contributed by atoms with Crippen LogP contribution >= 0.6 is 0 Å². The Morgan fingerprint density at radius 1 is 0.547 bits per heavy atom. The van der Waals surface area contributed by atoms with Crippen LogP contribution in [-0.4, -0.2) is 108 Å². The van der Waals surface area contributed by atoms with Crippen molar-refractivity contribution in [3.8, 4) is 0 Å². The fourth-order valence-electron chi connectivity index (χ4n) is 19.3. The number of esters is 6. The van der Waals surface area contributed by atoms with Crippen LogP contribution in [0.2, 0.25) is 0 Å². The average molecular weight is 1050 g/mol. The second kappa shape index (κ2) is 21.2. The zero-order chi connectivity index (χ0) is 53.6. The molecule has 0 aromatic heterocycles. The number of hydrogen-bond donors (Lipinski definition) is 2. The minimum atomic E-state index is -0.823. The van der Waals surface area contributed by atoms with E-state index in [1.807, 2.05) is 41.5 Å². The number of carbonyl (C=O) groups is 7. The van der Waals surface area contributed by atoms with Crippen LogP contribution in [0.15, 0.2) is 0 Å². The molecular weight excluding hydrogens is 959 g/mol. The highest BCUT2D eigenvalue weighted by Gasteiger charge is 2.67. The number of ether oxygens (including phenoxy) is 5. The number of carboxylic acids is 1. The Kier molecular flexibility index (Phi) is 15.5. The number of aliphatic carboxylic acids is 1. The number of likely N-dealkylation sites (tertiary alicyclic amines) is 1. The predicted molar refractivity (Wildman–Crippen MR) is 272 cm³/mol. The molecule has 0 radical (unpaired) electrons. The first-order valence-electron chi connectivity index (χ1n) is 29.6. The Bertz CT molecular complexity index is 2190. The molecule has 10 fully saturated rings. The topological polar surface area (TPSA) is 209 Å². The highest BCUT2D eigenvalue weighted by Crippen LogP contribution is 2.69. The van der Waals surface area contributed by atoms with E-state index in [2.05, 4.69) is 11.8 Å². The standard InChI is InChI=1S/C60H89NO14/c1-29-31-18-38(49(19-31)56(68)74-59(3,4)5)34(29)24-36-33-21-40(48(23-33)54(66)72-17-15-62)41(36)26-37-32-20-39(47(22-32)52(63)64)42(37)27-44-43(25-35-30(2)53(65)73-55(35)67)45-28-46(44)51(58(70)75-60(6,7)8)50(45)57(69)71-16-14-61-12-10-9-11-13-61/h29-51,62H,9-28H2,1-8H3,(H,63,64). The monoisotopic (exact) mass is 1050 g/mol. The van der Waals surface area contributed by atoms with E-state index in [-0.39, 0.29) is 109 Å². The third-order valence-electron chi connectivity index (χ3n) is 22.2. The molecule has 2 heterocycles. The first kappa shape index (κ1) is 54.8. The van der Waals surface area contributed by atoms with Crippen molar-refractivity contribution in [1.29, 1.82) is 0 Å². The minimum absolute atomic E-state index is 0.0296. The fourth-order valence-corrected chi connectivity index (χ4v) is 19.3. The first-order valence-corrected chi connectivity index (χ1v) is 29.6. The number of hydrogen-bond acceptors (Lipinski definition) is 14. The van der Waals surface area contributed by atoms with Gasteiger partial charge in [0.25, 0.3) is 0 Å². The molecule has 0 aromatic rings. The van der Waals surface area contributed by atoms with E-state index >= 15 is 0 Å². The van der Waals surface area contributed by atoms with Crippen molar-refractivity contribution < 1.29 is 67.5 Å². The summed E-state index contributed by atoms with van der Waals surface area (Å²) in [6, 6.07) is 0. The minimum Gasteiger partial charge on any atom is -0.481 e. The van der Waals surface area contributed by atoms with Gasteiger partial charge in [0.05, 0.1) is 48.0 Å². The number of aliphatic hydroxyl groups is 1. The second-order valence-electron chi connectivity index (χ2n) is 28.1. The maximum absolute atomic E-state index is 14.7. The maximum atomic E-state index is 14.7. The van der Waals surface area contributed by atoms with Crippen molar-refractivity contribution in [3.63, 3.8) is 0 Å². The van der Waals surface area contributed by atoms with Crippen LogP contribution in [0.5, 0.6) is 0 Å². The zero-order valence-corrected chi connectivity index (χ0v) is 46.2. The summed E-state index contributed by atoms with van der Waals surface area (Å²) in [5, 5.41) is 20.5. The average Bonchev–Trinajstić information content (AvgIpc) is 4.26. The fraction of sp³-hybridized carbons (Fsp3) is 0.883. The van der Waals surface area contributed by atoms with E-state index in [0.717, 1.165) is 70.9 Å². The third kappa shape index (κ3) is 10.6. The molecule has 8 aliphatic carbocycles. The number of carbonyl (C=O) groups excluding carboxylic acids is 6. The van der Waals surface area contributed by atoms with Gasteiger partial charge in [-0.05, 0) is 233 Å². The number of aliphatic hydroxyl groups excluding tert-OH is 1. The van der Waals surface area contributed by atoms with Gasteiger partial charge in [0.15, 0.2) is 0 Å². The lowest BCUT2D eigenvalue weighted by Gasteiger charge is -2.46. The maximum Gasteiger partial charge on any atom is 0.317 e. The van der Waals surface area contributed by atoms with Gasteiger partial charge in [-0.25, -0.2) is 0 Å². The Balaban J connectivity index is 0.963. The second-order valence-corrected chi connectivity index (χ2v) is 28.1. The number of nitrogens with zero attached hydrogens (tertiary/aromatic N) is 1. The molecule has 2 saturated heterocycles. The van der Waals surface area contributed by atoms with E-state index in [0.29, 0.717) is 61.8 Å². The van der Waals surface area contributed by atoms with Crippen LogP contribution in [0.4, 0.5) is 0 Å². The molecule has 75 heavy (non-hydrogen) atoms. The Labute approximate surface area is 444 Å². The number of piperidine rings is 1. The van der Waals surface area contributed by atoms with Crippen molar-refractivity contribution in [2.45, 2.75) is 156 Å². The van der Waals surface area contributed by atoms with Gasteiger partial charge in [0, 0.05) is 6.54 Å². The summed E-state index contributed by atoms with van der Waals surface area (Å²) in [7, 11) is 0. The van der Waals surface area contributed by atoms with Crippen molar-refractivity contribution in [2.24, 2.45) is 136 Å². The van der Waals surface area contributed by atoms with E-state index in [4.69, 9.17) is 23.7 Å². The molecule has 15 nitrogen and oxygen atoms in total. The van der Waals surface area contributed by atoms with Gasteiger partial charge >= 0.3 is 41.8 Å². The molecular formula is C60H89NO14. The van der Waals surface area contributed by atoms with Crippen LogP contribution < -0.4 is 0 Å². The van der Waals surface area contributed by atoms with Gasteiger partial charge in [0.1, 0.15) is 24.4 Å². The van der Waals surface area contributed by atoms with E-state index in [9.17, 15) is 43.8 Å². The zero-order valence-electron chi connectivity index (χ0n) is 46.2. The van der Waals surface area contributed by atoms with Crippen molar-refractivity contribution >= 4 is 41.8 Å². The van der Waals surface area contributed by atoms with Gasteiger partial charge in [0.2, 0.25) is 0 Å². The van der Waals surface area contributed by atoms with Crippen LogP contribution in [0, 0.1) is 136 Å². The molecule has 0 amide bonds. The molecule has 0 spiro atoms. The van der Waals surface area contributed by atoms with E-state index in [1.165, 1.54) is 6.42 Å². The molecule has 2 aliphatic heterocycles. The lowest BCUT2D eigenvalue weighted by molar-refractivity contribution is -0.174. The van der Waals surface area contributed by atoms with Crippen molar-refractivity contribution in [2.75, 3.05) is 39.5 Å². The molecule has 15 heteroatoms. The Morgan fingerprint density at radius 3 is 1.63 bits per heavy atom. The molecule has 10 aliphatic rings. The van der Waals surface area contributed by atoms with Gasteiger partial charge in [-0.15, -0.1) is 0 Å². The summed E-state index contributed by atoms with van der Waals surface area (Å²) in [6.45, 7) is 17.8. The normalized spacial score (nSPS) is 43.6. The summed E-state index contributed by atoms with van der Waals surface area (Å²) in [5.74, 6) is -5.40. The Hall–Kier alpha value is -3.59. The highest BCUT2D eigenvalue weighted by molar-refractivity contribution is 5.96. The molecule has 8 bridgehead atoms. The number of carboxylic acid groups (broad SMARTS) is 1. The summed E-state index contributed by atoms with van der Waals surface area (Å²) >= 11 is 0. The summed E-state index contributed by atoms with van der Waals surface area (Å²) in [5.41, 5.74) is -1.39. The van der Waals surface area contributed by atoms with Gasteiger partial charge in [-0.3, -0.25) is 38.5 Å². The summed E-state index contributed by atoms with van der Waals surface area (Å²) in [4.78, 5) is 99.0. The highest BCUT2D eigenvalue weighted by atomic mass is 16.6. The summed E-state index contributed by atoms with van der Waals surface area (Å²) < 4.78 is 29.2. The van der Waals surface area contributed by atoms with Crippen molar-refractivity contribution in [3.05, 3.63) is 0 Å². The lowest BCUT2D eigenvalue weighted by atomic mass is 9.58. The van der Waals surface area contributed by atoms with Gasteiger partial charge < -0.3 is 33.9 Å².